The van der Waals surface area contributed by atoms with Crippen molar-refractivity contribution >= 4 is 5.91 Å². The van der Waals surface area contributed by atoms with Gasteiger partial charge >= 0.3 is 0 Å². The molecule has 2 aromatic heterocycles. The van der Waals surface area contributed by atoms with E-state index in [0.29, 0.717) is 18.8 Å². The molecule has 0 N–H and O–H groups in total. The Balaban J connectivity index is 1.44. The monoisotopic (exact) mass is 409 g/mol. The first-order valence-electron chi connectivity index (χ1n) is 10.5. The topological polar surface area (TPSA) is 77.1 Å². The van der Waals surface area contributed by atoms with Crippen LogP contribution in [0, 0.1) is 11.7 Å². The maximum absolute atomic E-state index is 14.1. The summed E-state index contributed by atoms with van der Waals surface area (Å²) in [7, 11) is 1.88. The van der Waals surface area contributed by atoms with Gasteiger partial charge in [0.15, 0.2) is 5.69 Å². The van der Waals surface area contributed by atoms with Gasteiger partial charge in [-0.25, -0.2) is 4.39 Å². The van der Waals surface area contributed by atoms with Crippen molar-refractivity contribution in [3.8, 4) is 23.0 Å². The van der Waals surface area contributed by atoms with E-state index in [1.807, 2.05) is 16.6 Å². The van der Waals surface area contributed by atoms with E-state index in [2.05, 4.69) is 15.2 Å². The summed E-state index contributed by atoms with van der Waals surface area (Å²) in [6.45, 7) is 1.19. The highest BCUT2D eigenvalue weighted by molar-refractivity contribution is 5.79. The molecule has 0 bridgehead atoms. The molecule has 30 heavy (non-hydrogen) atoms. The number of hydrogen-bond acceptors (Lipinski definition) is 5. The van der Waals surface area contributed by atoms with Crippen molar-refractivity contribution < 1.29 is 13.7 Å². The van der Waals surface area contributed by atoms with Gasteiger partial charge in [0.05, 0.1) is 5.56 Å². The molecular weight excluding hydrogens is 385 g/mol. The lowest BCUT2D eigenvalue weighted by atomic mass is 9.87. The Labute approximate surface area is 173 Å². The summed E-state index contributed by atoms with van der Waals surface area (Å²) in [6.07, 6.45) is 6.20. The van der Waals surface area contributed by atoms with E-state index < -0.39 is 5.82 Å². The molecule has 0 unspecified atom stereocenters. The Kier molecular flexibility index (Phi) is 4.84. The van der Waals surface area contributed by atoms with Crippen molar-refractivity contribution in [2.24, 2.45) is 13.0 Å². The van der Waals surface area contributed by atoms with Crippen molar-refractivity contribution in [2.45, 2.75) is 45.1 Å². The summed E-state index contributed by atoms with van der Waals surface area (Å²) in [4.78, 5) is 19.4. The van der Waals surface area contributed by atoms with Gasteiger partial charge in [-0.2, -0.15) is 10.1 Å². The molecule has 0 radical (unpaired) electrons. The van der Waals surface area contributed by atoms with E-state index in [4.69, 9.17) is 4.52 Å². The van der Waals surface area contributed by atoms with Crippen molar-refractivity contribution in [3.05, 3.63) is 41.3 Å². The molecule has 1 aliphatic heterocycles. The summed E-state index contributed by atoms with van der Waals surface area (Å²) >= 11 is 0. The molecule has 1 fully saturated rings. The van der Waals surface area contributed by atoms with Gasteiger partial charge < -0.3 is 9.42 Å². The van der Waals surface area contributed by atoms with Gasteiger partial charge in [-0.3, -0.25) is 9.48 Å². The number of halogens is 1. The number of rotatable bonds is 3. The number of aryl methyl sites for hydroxylation is 1. The maximum atomic E-state index is 14.1. The molecule has 3 heterocycles. The molecule has 1 amide bonds. The Morgan fingerprint density at radius 1 is 1.20 bits per heavy atom. The molecule has 1 aliphatic carbocycles. The number of carbonyl (C=O) groups is 1. The van der Waals surface area contributed by atoms with Crippen molar-refractivity contribution in [2.75, 3.05) is 6.54 Å². The molecule has 3 aromatic rings. The summed E-state index contributed by atoms with van der Waals surface area (Å²) in [5.74, 6) is 0.409. The number of amides is 1. The SMILES string of the molecule is Cn1nc(-c2nc(-c3ccccc3F)no2)c2c1CCN(C(=O)C1CCCCC1)C2. The van der Waals surface area contributed by atoms with E-state index in [1.54, 1.807) is 18.2 Å². The largest absolute Gasteiger partial charge is 0.338 e. The first-order chi connectivity index (χ1) is 14.6. The minimum absolute atomic E-state index is 0.136. The van der Waals surface area contributed by atoms with Crippen LogP contribution in [0.25, 0.3) is 23.0 Å². The lowest BCUT2D eigenvalue weighted by Crippen LogP contribution is -2.40. The molecule has 0 spiro atoms. The van der Waals surface area contributed by atoms with E-state index in [1.165, 1.54) is 12.5 Å². The Morgan fingerprint density at radius 2 is 2.00 bits per heavy atom. The average Bonchev–Trinajstić information content (AvgIpc) is 3.39. The van der Waals surface area contributed by atoms with Gasteiger partial charge in [0, 0.05) is 43.7 Å². The fourth-order valence-electron chi connectivity index (χ4n) is 4.63. The third kappa shape index (κ3) is 3.30. The Bertz CT molecular complexity index is 1080. The molecular formula is C22H24FN5O2. The van der Waals surface area contributed by atoms with Gasteiger partial charge in [0.1, 0.15) is 5.82 Å². The lowest BCUT2D eigenvalue weighted by molar-refractivity contribution is -0.137. The van der Waals surface area contributed by atoms with Gasteiger partial charge in [-0.15, -0.1) is 0 Å². The van der Waals surface area contributed by atoms with Crippen LogP contribution in [0.15, 0.2) is 28.8 Å². The van der Waals surface area contributed by atoms with Crippen LogP contribution in [0.2, 0.25) is 0 Å². The first-order valence-corrected chi connectivity index (χ1v) is 10.5. The zero-order valence-electron chi connectivity index (χ0n) is 17.0. The smallest absolute Gasteiger partial charge is 0.279 e. The van der Waals surface area contributed by atoms with Gasteiger partial charge in [0.2, 0.25) is 11.7 Å². The highest BCUT2D eigenvalue weighted by atomic mass is 19.1. The summed E-state index contributed by atoms with van der Waals surface area (Å²) in [5, 5.41) is 8.54. The van der Waals surface area contributed by atoms with Crippen LogP contribution in [-0.2, 0) is 24.8 Å². The van der Waals surface area contributed by atoms with Crippen LogP contribution < -0.4 is 0 Å². The second-order valence-electron chi connectivity index (χ2n) is 8.15. The highest BCUT2D eigenvalue weighted by Crippen LogP contribution is 2.32. The van der Waals surface area contributed by atoms with Gasteiger partial charge in [0.25, 0.3) is 5.89 Å². The molecule has 2 aliphatic rings. The Morgan fingerprint density at radius 3 is 2.80 bits per heavy atom. The molecule has 0 saturated heterocycles. The van der Waals surface area contributed by atoms with Crippen molar-refractivity contribution in [1.82, 2.24) is 24.8 Å². The van der Waals surface area contributed by atoms with E-state index in [0.717, 1.165) is 43.4 Å². The third-order valence-corrected chi connectivity index (χ3v) is 6.25. The fourth-order valence-corrected chi connectivity index (χ4v) is 4.63. The van der Waals surface area contributed by atoms with Gasteiger partial charge in [-0.1, -0.05) is 36.6 Å². The quantitative estimate of drug-likeness (QED) is 0.659. The van der Waals surface area contributed by atoms with E-state index in [-0.39, 0.29) is 29.1 Å². The third-order valence-electron chi connectivity index (χ3n) is 6.25. The van der Waals surface area contributed by atoms with E-state index in [9.17, 15) is 9.18 Å². The average molecular weight is 409 g/mol. The number of fused-ring (bicyclic) bond motifs is 1. The first kappa shape index (κ1) is 19.0. The molecule has 156 valence electrons. The fraction of sp³-hybridized carbons (Fsp3) is 0.455. The summed E-state index contributed by atoms with van der Waals surface area (Å²) in [6, 6.07) is 6.32. The predicted molar refractivity (Wildman–Crippen MR) is 108 cm³/mol. The molecule has 7 nitrogen and oxygen atoms in total. The zero-order chi connectivity index (χ0) is 20.7. The number of hydrogen-bond donors (Lipinski definition) is 0. The number of nitrogens with zero attached hydrogens (tertiary/aromatic N) is 5. The second-order valence-corrected chi connectivity index (χ2v) is 8.15. The van der Waals surface area contributed by atoms with Crippen LogP contribution in [0.1, 0.15) is 43.4 Å². The second kappa shape index (κ2) is 7.66. The molecule has 0 atom stereocenters. The predicted octanol–water partition coefficient (Wildman–Crippen LogP) is 3.74. The van der Waals surface area contributed by atoms with Crippen LogP contribution in [0.4, 0.5) is 4.39 Å². The van der Waals surface area contributed by atoms with Crippen molar-refractivity contribution in [1.29, 1.82) is 0 Å². The summed E-state index contributed by atoms with van der Waals surface area (Å²) < 4.78 is 21.4. The number of carbonyl (C=O) groups excluding carboxylic acids is 1. The zero-order valence-corrected chi connectivity index (χ0v) is 17.0. The standard InChI is InChI=1S/C22H24FN5O2/c1-27-18-11-12-28(22(29)14-7-3-2-4-8-14)13-16(18)19(25-27)21-24-20(26-30-21)15-9-5-6-10-17(15)23/h5-6,9-10,14H,2-4,7-8,11-13H2,1H3. The Hall–Kier alpha value is -3.03. The number of benzene rings is 1. The molecule has 1 saturated carbocycles. The van der Waals surface area contributed by atoms with Crippen LogP contribution in [0.3, 0.4) is 0 Å². The highest BCUT2D eigenvalue weighted by Gasteiger charge is 2.32. The normalized spacial score (nSPS) is 17.2. The van der Waals surface area contributed by atoms with Crippen LogP contribution >= 0.6 is 0 Å². The van der Waals surface area contributed by atoms with Crippen LogP contribution in [0.5, 0.6) is 0 Å². The minimum Gasteiger partial charge on any atom is -0.338 e. The van der Waals surface area contributed by atoms with Crippen molar-refractivity contribution in [3.63, 3.8) is 0 Å². The summed E-state index contributed by atoms with van der Waals surface area (Å²) in [5.41, 5.74) is 2.87. The maximum Gasteiger partial charge on any atom is 0.279 e. The number of aromatic nitrogens is 4. The lowest BCUT2D eigenvalue weighted by Gasteiger charge is -2.32. The molecule has 8 heteroatoms. The van der Waals surface area contributed by atoms with Gasteiger partial charge in [-0.05, 0) is 25.0 Å². The minimum atomic E-state index is -0.405. The van der Waals surface area contributed by atoms with Crippen LogP contribution in [-0.4, -0.2) is 37.3 Å². The van der Waals surface area contributed by atoms with E-state index >= 15 is 0 Å². The molecule has 5 rings (SSSR count). The molecule has 1 aromatic carbocycles.